The molecule has 0 fully saturated rings. The zero-order chi connectivity index (χ0) is 10.7. The summed E-state index contributed by atoms with van der Waals surface area (Å²) in [5, 5.41) is 7.32. The quantitative estimate of drug-likeness (QED) is 0.816. The Morgan fingerprint density at radius 3 is 3.07 bits per heavy atom. The summed E-state index contributed by atoms with van der Waals surface area (Å²) >= 11 is 0. The average molecular weight is 206 g/mol. The second-order valence-corrected chi connectivity index (χ2v) is 3.25. The number of nitrogens with zero attached hydrogens (tertiary/aromatic N) is 3. The van der Waals surface area contributed by atoms with E-state index in [1.165, 1.54) is 6.39 Å². The Hall–Kier alpha value is -1.62. The van der Waals surface area contributed by atoms with Gasteiger partial charge in [-0.2, -0.15) is 5.10 Å². The van der Waals surface area contributed by atoms with Gasteiger partial charge in [-0.25, -0.2) is 4.98 Å². The van der Waals surface area contributed by atoms with E-state index >= 15 is 0 Å². The molecular formula is C10H14N4O. The van der Waals surface area contributed by atoms with Crippen molar-refractivity contribution in [1.82, 2.24) is 20.1 Å². The fourth-order valence-corrected chi connectivity index (χ4v) is 1.44. The molecule has 0 aromatic carbocycles. The number of hydrogen-bond acceptors (Lipinski definition) is 4. The first-order chi connectivity index (χ1) is 7.33. The molecule has 2 heterocycles. The monoisotopic (exact) mass is 206 g/mol. The van der Waals surface area contributed by atoms with Crippen LogP contribution < -0.4 is 5.32 Å². The zero-order valence-electron chi connectivity index (χ0n) is 8.90. The number of aromatic nitrogens is 3. The minimum Gasteiger partial charge on any atom is -0.442 e. The van der Waals surface area contributed by atoms with Crippen LogP contribution in [-0.2, 0) is 13.6 Å². The van der Waals surface area contributed by atoms with Crippen LogP contribution in [0.5, 0.6) is 0 Å². The minimum atomic E-state index is 0.716. The maximum absolute atomic E-state index is 5.37. The lowest BCUT2D eigenvalue weighted by Gasteiger charge is -2.01. The van der Waals surface area contributed by atoms with Crippen LogP contribution in [0, 0.1) is 0 Å². The Balaban J connectivity index is 2.29. The zero-order valence-corrected chi connectivity index (χ0v) is 8.90. The van der Waals surface area contributed by atoms with Crippen molar-refractivity contribution in [3.63, 3.8) is 0 Å². The number of hydrogen-bond donors (Lipinski definition) is 1. The molecule has 1 N–H and O–H groups in total. The molecule has 0 saturated carbocycles. The summed E-state index contributed by atoms with van der Waals surface area (Å²) in [5.41, 5.74) is 1.86. The first kappa shape index (κ1) is 9.92. The van der Waals surface area contributed by atoms with Crippen molar-refractivity contribution in [3.05, 3.63) is 24.4 Å². The van der Waals surface area contributed by atoms with Crippen molar-refractivity contribution in [1.29, 1.82) is 0 Å². The first-order valence-electron chi connectivity index (χ1n) is 4.94. The van der Waals surface area contributed by atoms with E-state index in [2.05, 4.69) is 22.3 Å². The van der Waals surface area contributed by atoms with Gasteiger partial charge in [0.1, 0.15) is 11.4 Å². The van der Waals surface area contributed by atoms with Gasteiger partial charge in [0, 0.05) is 19.8 Å². The molecule has 0 spiro atoms. The molecule has 2 aromatic heterocycles. The highest BCUT2D eigenvalue weighted by molar-refractivity contribution is 5.54. The summed E-state index contributed by atoms with van der Waals surface area (Å²) in [6, 6.07) is 1.91. The smallest absolute Gasteiger partial charge is 0.181 e. The van der Waals surface area contributed by atoms with E-state index in [1.807, 2.05) is 13.1 Å². The Labute approximate surface area is 88.1 Å². The Kier molecular flexibility index (Phi) is 2.82. The largest absolute Gasteiger partial charge is 0.442 e. The van der Waals surface area contributed by atoms with Crippen LogP contribution in [0.2, 0.25) is 0 Å². The van der Waals surface area contributed by atoms with Crippen LogP contribution in [0.25, 0.3) is 11.5 Å². The molecule has 0 radical (unpaired) electrons. The summed E-state index contributed by atoms with van der Waals surface area (Å²) < 4.78 is 7.15. The molecular weight excluding hydrogens is 192 g/mol. The lowest BCUT2D eigenvalue weighted by Crippen LogP contribution is -2.12. The van der Waals surface area contributed by atoms with Crippen LogP contribution in [-0.4, -0.2) is 21.3 Å². The van der Waals surface area contributed by atoms with Crippen LogP contribution in [0.1, 0.15) is 12.6 Å². The molecule has 0 atom stereocenters. The van der Waals surface area contributed by atoms with Gasteiger partial charge < -0.3 is 9.73 Å². The number of oxazole rings is 1. The lowest BCUT2D eigenvalue weighted by molar-refractivity contribution is 0.561. The van der Waals surface area contributed by atoms with E-state index in [4.69, 9.17) is 4.42 Å². The van der Waals surface area contributed by atoms with E-state index in [0.29, 0.717) is 6.54 Å². The predicted octanol–water partition coefficient (Wildman–Crippen LogP) is 1.18. The number of aryl methyl sites for hydroxylation is 1. The van der Waals surface area contributed by atoms with Crippen molar-refractivity contribution in [3.8, 4) is 11.5 Å². The molecule has 80 valence electrons. The number of nitrogens with one attached hydrogen (secondary N) is 1. The minimum absolute atomic E-state index is 0.716. The molecule has 0 amide bonds. The highest BCUT2D eigenvalue weighted by Gasteiger charge is 2.12. The lowest BCUT2D eigenvalue weighted by atomic mass is 10.2. The van der Waals surface area contributed by atoms with Crippen LogP contribution >= 0.6 is 0 Å². The molecule has 5 heteroatoms. The molecule has 0 unspecified atom stereocenters. The standard InChI is InChI=1S/C10H14N4O/c1-3-11-6-8-10(15-7-12-8)9-4-5-13-14(9)2/h4-5,7,11H,3,6H2,1-2H3. The van der Waals surface area contributed by atoms with Crippen molar-refractivity contribution < 1.29 is 4.42 Å². The Morgan fingerprint density at radius 2 is 2.40 bits per heavy atom. The highest BCUT2D eigenvalue weighted by Crippen LogP contribution is 2.21. The SMILES string of the molecule is CCNCc1ncoc1-c1ccnn1C. The predicted molar refractivity (Wildman–Crippen MR) is 56.1 cm³/mol. The summed E-state index contributed by atoms with van der Waals surface area (Å²) in [6.07, 6.45) is 3.21. The summed E-state index contributed by atoms with van der Waals surface area (Å²) in [4.78, 5) is 4.18. The van der Waals surface area contributed by atoms with E-state index in [1.54, 1.807) is 10.9 Å². The van der Waals surface area contributed by atoms with Gasteiger partial charge in [0.25, 0.3) is 0 Å². The summed E-state index contributed by atoms with van der Waals surface area (Å²) in [5.74, 6) is 0.788. The van der Waals surface area contributed by atoms with Crippen molar-refractivity contribution in [2.75, 3.05) is 6.54 Å². The van der Waals surface area contributed by atoms with Crippen molar-refractivity contribution >= 4 is 0 Å². The van der Waals surface area contributed by atoms with Gasteiger partial charge in [-0.05, 0) is 12.6 Å². The molecule has 2 rings (SSSR count). The number of rotatable bonds is 4. The third kappa shape index (κ3) is 1.92. The van der Waals surface area contributed by atoms with Gasteiger partial charge >= 0.3 is 0 Å². The maximum atomic E-state index is 5.37. The molecule has 5 nitrogen and oxygen atoms in total. The van der Waals surface area contributed by atoms with Crippen LogP contribution in [0.4, 0.5) is 0 Å². The second kappa shape index (κ2) is 4.27. The molecule has 0 aliphatic rings. The van der Waals surface area contributed by atoms with E-state index in [-0.39, 0.29) is 0 Å². The van der Waals surface area contributed by atoms with Crippen molar-refractivity contribution in [2.24, 2.45) is 7.05 Å². The van der Waals surface area contributed by atoms with Gasteiger partial charge in [0.2, 0.25) is 0 Å². The first-order valence-corrected chi connectivity index (χ1v) is 4.94. The van der Waals surface area contributed by atoms with Gasteiger partial charge in [0.05, 0.1) is 0 Å². The molecule has 0 aliphatic carbocycles. The fourth-order valence-electron chi connectivity index (χ4n) is 1.44. The summed E-state index contributed by atoms with van der Waals surface area (Å²) in [6.45, 7) is 3.69. The second-order valence-electron chi connectivity index (χ2n) is 3.25. The van der Waals surface area contributed by atoms with Crippen LogP contribution in [0.15, 0.2) is 23.1 Å². The normalized spacial score (nSPS) is 10.8. The summed E-state index contributed by atoms with van der Waals surface area (Å²) in [7, 11) is 1.88. The van der Waals surface area contributed by atoms with Gasteiger partial charge in [-0.3, -0.25) is 4.68 Å². The Morgan fingerprint density at radius 1 is 1.53 bits per heavy atom. The van der Waals surface area contributed by atoms with E-state index in [0.717, 1.165) is 23.7 Å². The van der Waals surface area contributed by atoms with Gasteiger partial charge in [-0.15, -0.1) is 0 Å². The van der Waals surface area contributed by atoms with E-state index in [9.17, 15) is 0 Å². The van der Waals surface area contributed by atoms with Crippen molar-refractivity contribution in [2.45, 2.75) is 13.5 Å². The van der Waals surface area contributed by atoms with Gasteiger partial charge in [-0.1, -0.05) is 6.92 Å². The third-order valence-electron chi connectivity index (χ3n) is 2.24. The van der Waals surface area contributed by atoms with Gasteiger partial charge in [0.15, 0.2) is 12.2 Å². The Bertz CT molecular complexity index is 432. The van der Waals surface area contributed by atoms with E-state index < -0.39 is 0 Å². The molecule has 15 heavy (non-hydrogen) atoms. The molecule has 0 saturated heterocycles. The fraction of sp³-hybridized carbons (Fsp3) is 0.400. The topological polar surface area (TPSA) is 55.9 Å². The molecule has 2 aromatic rings. The average Bonchev–Trinajstić information content (AvgIpc) is 2.82. The highest BCUT2D eigenvalue weighted by atomic mass is 16.3. The third-order valence-corrected chi connectivity index (χ3v) is 2.24. The molecule has 0 aliphatic heterocycles. The maximum Gasteiger partial charge on any atom is 0.181 e. The molecule has 0 bridgehead atoms. The van der Waals surface area contributed by atoms with Crippen LogP contribution in [0.3, 0.4) is 0 Å².